The summed E-state index contributed by atoms with van der Waals surface area (Å²) in [6, 6.07) is 13.1. The first-order valence-electron chi connectivity index (χ1n) is 8.41. The zero-order valence-corrected chi connectivity index (χ0v) is 14.7. The van der Waals surface area contributed by atoms with Crippen molar-refractivity contribution in [1.82, 2.24) is 10.2 Å². The summed E-state index contributed by atoms with van der Waals surface area (Å²) in [6.45, 7) is 2.04. The van der Waals surface area contributed by atoms with Crippen LogP contribution in [0.4, 0.5) is 10.1 Å². The van der Waals surface area contributed by atoms with Crippen molar-refractivity contribution in [3.63, 3.8) is 0 Å². The number of para-hydroxylation sites is 1. The second-order valence-electron chi connectivity index (χ2n) is 5.84. The van der Waals surface area contributed by atoms with Crippen LogP contribution in [0.25, 0.3) is 11.3 Å². The molecule has 1 heterocycles. The molecule has 0 saturated carbocycles. The van der Waals surface area contributed by atoms with Gasteiger partial charge in [0.05, 0.1) is 24.1 Å². The van der Waals surface area contributed by atoms with Gasteiger partial charge in [-0.1, -0.05) is 37.6 Å². The summed E-state index contributed by atoms with van der Waals surface area (Å²) in [4.78, 5) is 12.8. The first-order valence-corrected chi connectivity index (χ1v) is 8.41. The van der Waals surface area contributed by atoms with Crippen molar-refractivity contribution in [2.24, 2.45) is 0 Å². The molecule has 134 valence electrons. The van der Waals surface area contributed by atoms with Crippen molar-refractivity contribution >= 4 is 11.6 Å². The van der Waals surface area contributed by atoms with Crippen LogP contribution in [0.15, 0.2) is 48.5 Å². The molecule has 3 rings (SSSR count). The minimum absolute atomic E-state index is 0.307. The van der Waals surface area contributed by atoms with E-state index in [1.807, 2.05) is 6.92 Å². The van der Waals surface area contributed by atoms with Gasteiger partial charge in [-0.25, -0.2) is 4.39 Å². The molecule has 0 aliphatic carbocycles. The summed E-state index contributed by atoms with van der Waals surface area (Å²) in [6.07, 6.45) is 1.59. The van der Waals surface area contributed by atoms with Crippen molar-refractivity contribution in [2.45, 2.75) is 19.8 Å². The number of aromatic amines is 1. The molecular formula is C20H20FN3O2. The Morgan fingerprint density at radius 1 is 1.23 bits per heavy atom. The number of hydrogen-bond donors (Lipinski definition) is 2. The van der Waals surface area contributed by atoms with Crippen LogP contribution in [0.5, 0.6) is 5.75 Å². The Kier molecular flexibility index (Phi) is 5.31. The molecular weight excluding hydrogens is 333 g/mol. The van der Waals surface area contributed by atoms with Crippen LogP contribution in [0.3, 0.4) is 0 Å². The van der Waals surface area contributed by atoms with Crippen LogP contribution in [0.2, 0.25) is 0 Å². The van der Waals surface area contributed by atoms with Gasteiger partial charge in [-0.05, 0) is 30.7 Å². The van der Waals surface area contributed by atoms with E-state index in [2.05, 4.69) is 15.5 Å². The van der Waals surface area contributed by atoms with E-state index >= 15 is 0 Å². The molecule has 3 aromatic rings. The van der Waals surface area contributed by atoms with E-state index in [4.69, 9.17) is 4.74 Å². The third kappa shape index (κ3) is 3.59. The van der Waals surface area contributed by atoms with E-state index in [1.165, 1.54) is 19.2 Å². The van der Waals surface area contributed by atoms with Crippen molar-refractivity contribution < 1.29 is 13.9 Å². The summed E-state index contributed by atoms with van der Waals surface area (Å²) in [5.74, 6) is -0.179. The van der Waals surface area contributed by atoms with Gasteiger partial charge in [0.2, 0.25) is 0 Å². The number of methoxy groups -OCH3 is 1. The number of carbonyl (C=O) groups is 1. The standard InChI is InChI=1S/C20H20FN3O2/c1-3-7-16-19(18(24-23-16)13-8-6-9-14(21)12-13)22-20(25)15-10-4-5-11-17(15)26-2/h4-6,8-12H,3,7H2,1-2H3,(H,22,25)(H,23,24). The third-order valence-electron chi connectivity index (χ3n) is 4.03. The highest BCUT2D eigenvalue weighted by atomic mass is 19.1. The topological polar surface area (TPSA) is 67.0 Å². The number of aryl methyl sites for hydroxylation is 1. The van der Waals surface area contributed by atoms with Crippen LogP contribution in [-0.2, 0) is 6.42 Å². The molecule has 0 saturated heterocycles. The number of nitrogens with zero attached hydrogens (tertiary/aromatic N) is 1. The van der Waals surface area contributed by atoms with Crippen LogP contribution < -0.4 is 10.1 Å². The molecule has 1 amide bonds. The second-order valence-corrected chi connectivity index (χ2v) is 5.84. The number of nitrogens with one attached hydrogen (secondary N) is 2. The van der Waals surface area contributed by atoms with Gasteiger partial charge >= 0.3 is 0 Å². The lowest BCUT2D eigenvalue weighted by Crippen LogP contribution is -2.14. The molecule has 26 heavy (non-hydrogen) atoms. The molecule has 0 aliphatic heterocycles. The largest absolute Gasteiger partial charge is 0.496 e. The molecule has 6 heteroatoms. The monoisotopic (exact) mass is 353 g/mol. The average Bonchev–Trinajstić information content (AvgIpc) is 3.04. The van der Waals surface area contributed by atoms with E-state index in [0.29, 0.717) is 34.7 Å². The molecule has 0 radical (unpaired) electrons. The molecule has 0 fully saturated rings. The van der Waals surface area contributed by atoms with Crippen molar-refractivity contribution in [3.05, 3.63) is 65.6 Å². The number of halogens is 1. The zero-order valence-electron chi connectivity index (χ0n) is 14.7. The summed E-state index contributed by atoms with van der Waals surface area (Å²) in [5.41, 5.74) is 2.89. The maximum absolute atomic E-state index is 13.6. The number of anilines is 1. The van der Waals surface area contributed by atoms with Gasteiger partial charge in [0, 0.05) is 5.56 Å². The zero-order chi connectivity index (χ0) is 18.5. The average molecular weight is 353 g/mol. The lowest BCUT2D eigenvalue weighted by Gasteiger charge is -2.11. The maximum Gasteiger partial charge on any atom is 0.259 e. The first kappa shape index (κ1) is 17.7. The number of benzene rings is 2. The van der Waals surface area contributed by atoms with Gasteiger partial charge in [0.15, 0.2) is 0 Å². The van der Waals surface area contributed by atoms with Crippen LogP contribution in [0.1, 0.15) is 29.4 Å². The van der Waals surface area contributed by atoms with Gasteiger partial charge in [0.1, 0.15) is 17.3 Å². The number of amides is 1. The number of H-pyrrole nitrogens is 1. The van der Waals surface area contributed by atoms with E-state index in [1.54, 1.807) is 36.4 Å². The van der Waals surface area contributed by atoms with Crippen molar-refractivity contribution in [1.29, 1.82) is 0 Å². The number of aromatic nitrogens is 2. The fraction of sp³-hybridized carbons (Fsp3) is 0.200. The normalized spacial score (nSPS) is 10.6. The van der Waals surface area contributed by atoms with Gasteiger partial charge in [-0.2, -0.15) is 5.10 Å². The number of rotatable bonds is 6. The molecule has 2 aromatic carbocycles. The fourth-order valence-electron chi connectivity index (χ4n) is 2.80. The molecule has 0 bridgehead atoms. The Bertz CT molecular complexity index is 921. The van der Waals surface area contributed by atoms with Crippen LogP contribution in [-0.4, -0.2) is 23.2 Å². The highest BCUT2D eigenvalue weighted by Crippen LogP contribution is 2.31. The Hall–Kier alpha value is -3.15. The smallest absolute Gasteiger partial charge is 0.259 e. The summed E-state index contributed by atoms with van der Waals surface area (Å²) < 4.78 is 18.9. The molecule has 0 unspecified atom stereocenters. The maximum atomic E-state index is 13.6. The second kappa shape index (κ2) is 7.82. The highest BCUT2D eigenvalue weighted by Gasteiger charge is 2.19. The Morgan fingerprint density at radius 2 is 2.04 bits per heavy atom. The minimum atomic E-state index is -0.357. The lowest BCUT2D eigenvalue weighted by atomic mass is 10.1. The Labute approximate surface area is 151 Å². The summed E-state index contributed by atoms with van der Waals surface area (Å²) >= 11 is 0. The lowest BCUT2D eigenvalue weighted by molar-refractivity contribution is 0.102. The number of carbonyl (C=O) groups excluding carboxylic acids is 1. The Morgan fingerprint density at radius 3 is 2.77 bits per heavy atom. The minimum Gasteiger partial charge on any atom is -0.496 e. The van der Waals surface area contributed by atoms with Crippen molar-refractivity contribution in [3.8, 4) is 17.0 Å². The van der Waals surface area contributed by atoms with Gasteiger partial charge in [0.25, 0.3) is 5.91 Å². The van der Waals surface area contributed by atoms with E-state index in [0.717, 1.165) is 12.1 Å². The fourth-order valence-corrected chi connectivity index (χ4v) is 2.80. The predicted octanol–water partition coefficient (Wildman–Crippen LogP) is 4.43. The van der Waals surface area contributed by atoms with Crippen molar-refractivity contribution in [2.75, 3.05) is 12.4 Å². The van der Waals surface area contributed by atoms with Crippen LogP contribution in [0, 0.1) is 5.82 Å². The number of ether oxygens (including phenoxy) is 1. The van der Waals surface area contributed by atoms with Crippen LogP contribution >= 0.6 is 0 Å². The Balaban J connectivity index is 2.00. The molecule has 1 aromatic heterocycles. The van der Waals surface area contributed by atoms with Gasteiger partial charge in [-0.15, -0.1) is 0 Å². The van der Waals surface area contributed by atoms with E-state index in [-0.39, 0.29) is 11.7 Å². The molecule has 2 N–H and O–H groups in total. The number of hydrogen-bond acceptors (Lipinski definition) is 3. The van der Waals surface area contributed by atoms with Gasteiger partial charge < -0.3 is 10.1 Å². The molecule has 5 nitrogen and oxygen atoms in total. The molecule has 0 atom stereocenters. The highest BCUT2D eigenvalue weighted by molar-refractivity contribution is 6.08. The third-order valence-corrected chi connectivity index (χ3v) is 4.03. The quantitative estimate of drug-likeness (QED) is 0.689. The first-order chi connectivity index (χ1) is 12.6. The summed E-state index contributed by atoms with van der Waals surface area (Å²) in [7, 11) is 1.52. The van der Waals surface area contributed by atoms with E-state index < -0.39 is 0 Å². The SMILES string of the molecule is CCCc1[nH]nc(-c2cccc(F)c2)c1NC(=O)c1ccccc1OC. The summed E-state index contributed by atoms with van der Waals surface area (Å²) in [5, 5.41) is 10.2. The molecule has 0 aliphatic rings. The van der Waals surface area contributed by atoms with Gasteiger partial charge in [-0.3, -0.25) is 9.89 Å². The van der Waals surface area contributed by atoms with E-state index in [9.17, 15) is 9.18 Å². The predicted molar refractivity (Wildman–Crippen MR) is 98.9 cm³/mol. The molecule has 0 spiro atoms.